The minimum atomic E-state index is -0.134. The highest BCUT2D eigenvalue weighted by atomic mass is 19.1. The third kappa shape index (κ3) is 3.34. The van der Waals surface area contributed by atoms with Gasteiger partial charge in [-0.15, -0.1) is 0 Å². The molecule has 19 heavy (non-hydrogen) atoms. The molecule has 0 radical (unpaired) electrons. The third-order valence-electron chi connectivity index (χ3n) is 4.24. The molecule has 2 unspecified atom stereocenters. The summed E-state index contributed by atoms with van der Waals surface area (Å²) >= 11 is 0. The molecule has 0 saturated carbocycles. The van der Waals surface area contributed by atoms with Crippen LogP contribution in [-0.2, 0) is 0 Å². The lowest BCUT2D eigenvalue weighted by molar-refractivity contribution is 0.239. The van der Waals surface area contributed by atoms with Crippen LogP contribution in [0, 0.1) is 18.7 Å². The number of likely N-dealkylation sites (tertiary alicyclic amines) is 1. The van der Waals surface area contributed by atoms with Crippen molar-refractivity contribution in [2.45, 2.75) is 39.2 Å². The molecule has 1 fully saturated rings. The summed E-state index contributed by atoms with van der Waals surface area (Å²) in [6, 6.07) is 5.63. The van der Waals surface area contributed by atoms with E-state index in [1.807, 2.05) is 19.1 Å². The highest BCUT2D eigenvalue weighted by molar-refractivity contribution is 5.27. The molecule has 3 heteroatoms. The van der Waals surface area contributed by atoms with Crippen LogP contribution in [-0.4, -0.2) is 24.5 Å². The molecule has 0 aliphatic carbocycles. The maximum atomic E-state index is 13.4. The Kier molecular flexibility index (Phi) is 4.94. The second-order valence-electron chi connectivity index (χ2n) is 5.70. The van der Waals surface area contributed by atoms with Crippen molar-refractivity contribution in [1.29, 1.82) is 0 Å². The van der Waals surface area contributed by atoms with E-state index >= 15 is 0 Å². The molecule has 1 aliphatic heterocycles. The van der Waals surface area contributed by atoms with Gasteiger partial charge in [0.05, 0.1) is 0 Å². The average molecular weight is 264 g/mol. The van der Waals surface area contributed by atoms with Crippen molar-refractivity contribution in [3.05, 3.63) is 35.1 Å². The van der Waals surface area contributed by atoms with E-state index < -0.39 is 0 Å². The Labute approximate surface area is 115 Å². The van der Waals surface area contributed by atoms with Gasteiger partial charge in [-0.1, -0.05) is 25.5 Å². The molecule has 1 saturated heterocycles. The summed E-state index contributed by atoms with van der Waals surface area (Å²) < 4.78 is 13.4. The standard InChI is InChI=1S/C16H25FN2/c1-3-4-13-7-8-19(11-13)16(10-18)14-5-6-15(17)12(2)9-14/h5-6,9,13,16H,3-4,7-8,10-11,18H2,1-2H3. The maximum Gasteiger partial charge on any atom is 0.126 e. The van der Waals surface area contributed by atoms with Gasteiger partial charge in [0.1, 0.15) is 5.82 Å². The van der Waals surface area contributed by atoms with Crippen molar-refractivity contribution in [3.8, 4) is 0 Å². The molecule has 0 amide bonds. The first-order valence-corrected chi connectivity index (χ1v) is 7.35. The first-order valence-electron chi connectivity index (χ1n) is 7.35. The Morgan fingerprint density at radius 1 is 1.47 bits per heavy atom. The molecule has 1 aliphatic rings. The lowest BCUT2D eigenvalue weighted by Crippen LogP contribution is -2.32. The van der Waals surface area contributed by atoms with Gasteiger partial charge < -0.3 is 5.73 Å². The number of hydrogen-bond acceptors (Lipinski definition) is 2. The molecule has 106 valence electrons. The van der Waals surface area contributed by atoms with Gasteiger partial charge in [0.2, 0.25) is 0 Å². The average Bonchev–Trinajstić information content (AvgIpc) is 2.83. The topological polar surface area (TPSA) is 29.3 Å². The van der Waals surface area contributed by atoms with Crippen molar-refractivity contribution < 1.29 is 4.39 Å². The van der Waals surface area contributed by atoms with Crippen LogP contribution >= 0.6 is 0 Å². The lowest BCUT2D eigenvalue weighted by Gasteiger charge is -2.27. The SMILES string of the molecule is CCCC1CCN(C(CN)c2ccc(F)c(C)c2)C1. The summed E-state index contributed by atoms with van der Waals surface area (Å²) in [6.07, 6.45) is 3.82. The van der Waals surface area contributed by atoms with E-state index in [0.29, 0.717) is 12.1 Å². The second-order valence-corrected chi connectivity index (χ2v) is 5.70. The van der Waals surface area contributed by atoms with E-state index in [1.165, 1.54) is 19.3 Å². The number of rotatable bonds is 5. The van der Waals surface area contributed by atoms with Crippen LogP contribution in [0.5, 0.6) is 0 Å². The van der Waals surface area contributed by atoms with Crippen LogP contribution in [0.4, 0.5) is 4.39 Å². The Hall–Kier alpha value is -0.930. The first-order chi connectivity index (χ1) is 9.15. The van der Waals surface area contributed by atoms with E-state index in [2.05, 4.69) is 11.8 Å². The molecule has 0 spiro atoms. The number of benzene rings is 1. The van der Waals surface area contributed by atoms with E-state index in [-0.39, 0.29) is 11.9 Å². The smallest absolute Gasteiger partial charge is 0.126 e. The van der Waals surface area contributed by atoms with Gasteiger partial charge in [0, 0.05) is 19.1 Å². The zero-order chi connectivity index (χ0) is 13.8. The summed E-state index contributed by atoms with van der Waals surface area (Å²) in [5, 5.41) is 0. The summed E-state index contributed by atoms with van der Waals surface area (Å²) in [5.74, 6) is 0.672. The number of nitrogens with two attached hydrogens (primary N) is 1. The Morgan fingerprint density at radius 2 is 2.26 bits per heavy atom. The third-order valence-corrected chi connectivity index (χ3v) is 4.24. The maximum absolute atomic E-state index is 13.4. The Balaban J connectivity index is 2.09. The fourth-order valence-electron chi connectivity index (χ4n) is 3.16. The largest absolute Gasteiger partial charge is 0.329 e. The molecule has 0 bridgehead atoms. The molecule has 2 N–H and O–H groups in total. The highest BCUT2D eigenvalue weighted by Crippen LogP contribution is 2.29. The van der Waals surface area contributed by atoms with Crippen molar-refractivity contribution in [2.24, 2.45) is 11.7 Å². The molecule has 2 rings (SSSR count). The number of nitrogens with zero attached hydrogens (tertiary/aromatic N) is 1. The highest BCUT2D eigenvalue weighted by Gasteiger charge is 2.28. The zero-order valence-electron chi connectivity index (χ0n) is 12.0. The molecular formula is C16H25FN2. The number of hydrogen-bond donors (Lipinski definition) is 1. The van der Waals surface area contributed by atoms with E-state index in [0.717, 1.165) is 24.6 Å². The van der Waals surface area contributed by atoms with Gasteiger partial charge in [-0.25, -0.2) is 4.39 Å². The predicted octanol–water partition coefficient (Wildman–Crippen LogP) is 3.26. The van der Waals surface area contributed by atoms with E-state index in [1.54, 1.807) is 6.07 Å². The van der Waals surface area contributed by atoms with Gasteiger partial charge in [-0.05, 0) is 49.4 Å². The first kappa shape index (κ1) is 14.5. The summed E-state index contributed by atoms with van der Waals surface area (Å²) in [7, 11) is 0. The normalized spacial score (nSPS) is 21.8. The molecule has 1 aromatic carbocycles. The van der Waals surface area contributed by atoms with Gasteiger partial charge >= 0.3 is 0 Å². The fourth-order valence-corrected chi connectivity index (χ4v) is 3.16. The molecular weight excluding hydrogens is 239 g/mol. The molecule has 1 aromatic rings. The van der Waals surface area contributed by atoms with Gasteiger partial charge in [-0.3, -0.25) is 4.90 Å². The minimum absolute atomic E-state index is 0.134. The van der Waals surface area contributed by atoms with Crippen molar-refractivity contribution in [3.63, 3.8) is 0 Å². The number of halogens is 1. The van der Waals surface area contributed by atoms with Crippen LogP contribution in [0.15, 0.2) is 18.2 Å². The van der Waals surface area contributed by atoms with Crippen LogP contribution in [0.1, 0.15) is 43.4 Å². The fraction of sp³-hybridized carbons (Fsp3) is 0.625. The number of aryl methyl sites for hydroxylation is 1. The van der Waals surface area contributed by atoms with Crippen molar-refractivity contribution in [2.75, 3.05) is 19.6 Å². The quantitative estimate of drug-likeness (QED) is 0.884. The summed E-state index contributed by atoms with van der Waals surface area (Å²) in [5.41, 5.74) is 7.82. The predicted molar refractivity (Wildman–Crippen MR) is 77.5 cm³/mol. The van der Waals surface area contributed by atoms with Gasteiger partial charge in [0.15, 0.2) is 0 Å². The van der Waals surface area contributed by atoms with E-state index in [4.69, 9.17) is 5.73 Å². The molecule has 2 nitrogen and oxygen atoms in total. The Bertz CT molecular complexity index is 419. The van der Waals surface area contributed by atoms with Crippen LogP contribution in [0.2, 0.25) is 0 Å². The Morgan fingerprint density at radius 3 is 2.89 bits per heavy atom. The van der Waals surface area contributed by atoms with Crippen molar-refractivity contribution in [1.82, 2.24) is 4.90 Å². The van der Waals surface area contributed by atoms with Crippen molar-refractivity contribution >= 4 is 0 Å². The van der Waals surface area contributed by atoms with Gasteiger partial charge in [0.25, 0.3) is 0 Å². The van der Waals surface area contributed by atoms with Gasteiger partial charge in [-0.2, -0.15) is 0 Å². The monoisotopic (exact) mass is 264 g/mol. The second kappa shape index (κ2) is 6.49. The molecule has 2 atom stereocenters. The van der Waals surface area contributed by atoms with Crippen LogP contribution in [0.25, 0.3) is 0 Å². The molecule has 0 aromatic heterocycles. The van der Waals surface area contributed by atoms with E-state index in [9.17, 15) is 4.39 Å². The van der Waals surface area contributed by atoms with Crippen LogP contribution in [0.3, 0.4) is 0 Å². The summed E-state index contributed by atoms with van der Waals surface area (Å²) in [6.45, 7) is 6.90. The lowest BCUT2D eigenvalue weighted by atomic mass is 10.0. The zero-order valence-corrected chi connectivity index (χ0v) is 12.0. The minimum Gasteiger partial charge on any atom is -0.329 e. The molecule has 1 heterocycles. The van der Waals surface area contributed by atoms with Crippen LogP contribution < -0.4 is 5.73 Å². The summed E-state index contributed by atoms with van der Waals surface area (Å²) in [4.78, 5) is 2.47.